The van der Waals surface area contributed by atoms with E-state index >= 15 is 0 Å². The molecule has 1 heterocycles. The molecular formula is C20H14N6O. The topological polar surface area (TPSA) is 122 Å². The highest BCUT2D eigenvalue weighted by Gasteiger charge is 2.15. The van der Waals surface area contributed by atoms with Crippen LogP contribution in [0.1, 0.15) is 16.7 Å². The monoisotopic (exact) mass is 354 g/mol. The van der Waals surface area contributed by atoms with Gasteiger partial charge in [0.25, 0.3) is 0 Å². The van der Waals surface area contributed by atoms with E-state index in [2.05, 4.69) is 21.8 Å². The van der Waals surface area contributed by atoms with Crippen molar-refractivity contribution in [3.05, 3.63) is 77.6 Å². The summed E-state index contributed by atoms with van der Waals surface area (Å²) in [5.74, 6) is 6.10. The highest BCUT2D eigenvalue weighted by Crippen LogP contribution is 2.26. The Morgan fingerprint density at radius 2 is 1.48 bits per heavy atom. The molecule has 7 heteroatoms. The second-order valence-corrected chi connectivity index (χ2v) is 5.47. The molecule has 2 aromatic carbocycles. The van der Waals surface area contributed by atoms with Crippen molar-refractivity contribution in [2.75, 3.05) is 10.6 Å². The Morgan fingerprint density at radius 3 is 2.07 bits per heavy atom. The van der Waals surface area contributed by atoms with Gasteiger partial charge in [-0.1, -0.05) is 24.0 Å². The minimum absolute atomic E-state index is 0.180. The lowest BCUT2D eigenvalue weighted by Gasteiger charge is -2.21. The minimum Gasteiger partial charge on any atom is -0.368 e. The molecule has 0 aliphatic heterocycles. The molecule has 27 heavy (non-hydrogen) atoms. The maximum Gasteiger partial charge on any atom is 0.323 e. The van der Waals surface area contributed by atoms with Crippen LogP contribution in [0.3, 0.4) is 0 Å². The van der Waals surface area contributed by atoms with Gasteiger partial charge in [-0.05, 0) is 36.4 Å². The van der Waals surface area contributed by atoms with Gasteiger partial charge in [-0.25, -0.2) is 14.8 Å². The number of nitriles is 1. The van der Waals surface area contributed by atoms with Crippen LogP contribution in [-0.2, 0) is 0 Å². The third-order valence-electron chi connectivity index (χ3n) is 3.58. The van der Waals surface area contributed by atoms with Crippen LogP contribution in [0.15, 0.2) is 60.9 Å². The number of nitrogen functional groups attached to an aromatic ring is 1. The zero-order chi connectivity index (χ0) is 19.2. The lowest BCUT2D eigenvalue weighted by Crippen LogP contribution is -2.31. The van der Waals surface area contributed by atoms with Gasteiger partial charge in [-0.2, -0.15) is 5.26 Å². The van der Waals surface area contributed by atoms with Gasteiger partial charge in [0.15, 0.2) is 0 Å². The molecule has 0 atom stereocenters. The second-order valence-electron chi connectivity index (χ2n) is 5.47. The van der Waals surface area contributed by atoms with Gasteiger partial charge in [-0.15, -0.1) is 0 Å². The van der Waals surface area contributed by atoms with Crippen molar-refractivity contribution in [3.63, 3.8) is 0 Å². The Kier molecular flexibility index (Phi) is 4.97. The van der Waals surface area contributed by atoms with E-state index in [1.807, 2.05) is 6.07 Å². The summed E-state index contributed by atoms with van der Waals surface area (Å²) in [6.45, 7) is 0. The zero-order valence-corrected chi connectivity index (χ0v) is 14.1. The summed E-state index contributed by atoms with van der Waals surface area (Å²) in [4.78, 5) is 21.1. The SMILES string of the molecule is N#Cc1cccc(N(C(N)=O)c2cccc(C#Cc3cnc(N)nc3)c2)c1. The predicted molar refractivity (Wildman–Crippen MR) is 102 cm³/mol. The van der Waals surface area contributed by atoms with Crippen LogP contribution in [0.5, 0.6) is 0 Å². The normalized spacial score (nSPS) is 9.59. The zero-order valence-electron chi connectivity index (χ0n) is 14.1. The van der Waals surface area contributed by atoms with E-state index in [1.54, 1.807) is 48.5 Å². The molecule has 0 radical (unpaired) electrons. The van der Waals surface area contributed by atoms with Gasteiger partial charge >= 0.3 is 6.03 Å². The number of hydrogen-bond acceptors (Lipinski definition) is 5. The number of anilines is 3. The van der Waals surface area contributed by atoms with Crippen molar-refractivity contribution in [2.45, 2.75) is 0 Å². The van der Waals surface area contributed by atoms with Crippen LogP contribution in [0.2, 0.25) is 0 Å². The average molecular weight is 354 g/mol. The summed E-state index contributed by atoms with van der Waals surface area (Å²) in [6, 6.07) is 15.1. The molecule has 130 valence electrons. The number of aromatic nitrogens is 2. The molecule has 0 saturated carbocycles. The summed E-state index contributed by atoms with van der Waals surface area (Å²) < 4.78 is 0. The second kappa shape index (κ2) is 7.68. The molecule has 0 spiro atoms. The molecule has 0 fully saturated rings. The lowest BCUT2D eigenvalue weighted by atomic mass is 10.1. The smallest absolute Gasteiger partial charge is 0.323 e. The molecule has 0 aliphatic carbocycles. The standard InChI is InChI=1S/C20H14N6O/c21-11-15-4-2-6-18(10-15)26(20(23)27)17-5-1-3-14(9-17)7-8-16-12-24-19(22)25-13-16/h1-6,9-10,12-13H,(H2,23,27)(H2,22,24,25). The number of carbonyl (C=O) groups is 1. The first-order valence-corrected chi connectivity index (χ1v) is 7.86. The summed E-state index contributed by atoms with van der Waals surface area (Å²) in [5, 5.41) is 9.07. The Morgan fingerprint density at radius 1 is 0.926 bits per heavy atom. The third-order valence-corrected chi connectivity index (χ3v) is 3.58. The first kappa shape index (κ1) is 17.5. The fraction of sp³-hybridized carbons (Fsp3) is 0. The first-order chi connectivity index (χ1) is 13.1. The van der Waals surface area contributed by atoms with E-state index in [0.717, 1.165) is 0 Å². The molecular weight excluding hydrogens is 340 g/mol. The summed E-state index contributed by atoms with van der Waals surface area (Å²) in [6.07, 6.45) is 3.06. The van der Waals surface area contributed by atoms with E-state index in [-0.39, 0.29) is 5.95 Å². The fourth-order valence-electron chi connectivity index (χ4n) is 2.39. The Hall–Kier alpha value is -4.36. The largest absolute Gasteiger partial charge is 0.368 e. The van der Waals surface area contributed by atoms with Crippen molar-refractivity contribution >= 4 is 23.4 Å². The van der Waals surface area contributed by atoms with Crippen molar-refractivity contribution < 1.29 is 4.79 Å². The molecule has 0 aliphatic rings. The maximum absolute atomic E-state index is 12.0. The van der Waals surface area contributed by atoms with E-state index in [0.29, 0.717) is 28.1 Å². The summed E-state index contributed by atoms with van der Waals surface area (Å²) in [7, 11) is 0. The Bertz CT molecular complexity index is 1090. The predicted octanol–water partition coefficient (Wildman–Crippen LogP) is 2.55. The quantitative estimate of drug-likeness (QED) is 0.685. The molecule has 4 N–H and O–H groups in total. The van der Waals surface area contributed by atoms with Gasteiger partial charge in [0, 0.05) is 18.0 Å². The van der Waals surface area contributed by atoms with Crippen LogP contribution in [0, 0.1) is 23.2 Å². The number of rotatable bonds is 2. The van der Waals surface area contributed by atoms with Gasteiger partial charge in [0.2, 0.25) is 5.95 Å². The number of hydrogen-bond donors (Lipinski definition) is 2. The van der Waals surface area contributed by atoms with Gasteiger partial charge in [0.05, 0.1) is 28.6 Å². The third kappa shape index (κ3) is 4.19. The van der Waals surface area contributed by atoms with Gasteiger partial charge in [0.1, 0.15) is 0 Å². The fourth-order valence-corrected chi connectivity index (χ4v) is 2.39. The van der Waals surface area contributed by atoms with Crippen LogP contribution in [-0.4, -0.2) is 16.0 Å². The molecule has 3 aromatic rings. The van der Waals surface area contributed by atoms with Crippen molar-refractivity contribution in [1.29, 1.82) is 5.26 Å². The highest BCUT2D eigenvalue weighted by molar-refractivity contribution is 5.98. The first-order valence-electron chi connectivity index (χ1n) is 7.86. The molecule has 3 rings (SSSR count). The molecule has 2 amide bonds. The maximum atomic E-state index is 12.0. The molecule has 0 unspecified atom stereocenters. The molecule has 7 nitrogen and oxygen atoms in total. The Labute approximate surface area is 155 Å². The number of urea groups is 1. The number of amides is 2. The van der Waals surface area contributed by atoms with Gasteiger partial charge < -0.3 is 11.5 Å². The number of nitrogens with zero attached hydrogens (tertiary/aromatic N) is 4. The van der Waals surface area contributed by atoms with Crippen LogP contribution < -0.4 is 16.4 Å². The number of carbonyl (C=O) groups excluding carboxylic acids is 1. The van der Waals surface area contributed by atoms with Crippen LogP contribution in [0.25, 0.3) is 0 Å². The summed E-state index contributed by atoms with van der Waals surface area (Å²) in [5.41, 5.74) is 13.8. The van der Waals surface area contributed by atoms with Crippen molar-refractivity contribution in [3.8, 4) is 17.9 Å². The number of nitrogens with two attached hydrogens (primary N) is 2. The molecule has 1 aromatic heterocycles. The summed E-state index contributed by atoms with van der Waals surface area (Å²) >= 11 is 0. The Balaban J connectivity index is 1.96. The van der Waals surface area contributed by atoms with Crippen LogP contribution >= 0.6 is 0 Å². The minimum atomic E-state index is -0.665. The van der Waals surface area contributed by atoms with Crippen molar-refractivity contribution in [2.24, 2.45) is 5.73 Å². The molecule has 0 bridgehead atoms. The van der Waals surface area contributed by atoms with Crippen LogP contribution in [0.4, 0.5) is 22.1 Å². The van der Waals surface area contributed by atoms with E-state index in [9.17, 15) is 4.79 Å². The molecule has 0 saturated heterocycles. The number of benzene rings is 2. The number of primary amides is 1. The van der Waals surface area contributed by atoms with Crippen molar-refractivity contribution in [1.82, 2.24) is 9.97 Å². The van der Waals surface area contributed by atoms with E-state index < -0.39 is 6.03 Å². The lowest BCUT2D eigenvalue weighted by molar-refractivity contribution is 0.256. The van der Waals surface area contributed by atoms with E-state index in [1.165, 1.54) is 17.3 Å². The van der Waals surface area contributed by atoms with Gasteiger partial charge in [-0.3, -0.25) is 4.90 Å². The average Bonchev–Trinajstić information content (AvgIpc) is 2.68. The van der Waals surface area contributed by atoms with E-state index in [4.69, 9.17) is 16.7 Å². The highest BCUT2D eigenvalue weighted by atomic mass is 16.2.